The van der Waals surface area contributed by atoms with Crippen molar-refractivity contribution in [1.29, 1.82) is 0 Å². The molecule has 0 aliphatic carbocycles. The van der Waals surface area contributed by atoms with Gasteiger partial charge in [-0.25, -0.2) is 9.69 Å². The van der Waals surface area contributed by atoms with Crippen LogP contribution in [0.15, 0.2) is 60.7 Å². The Hall–Kier alpha value is -3.75. The molecule has 4 rings (SSSR count). The zero-order valence-electron chi connectivity index (χ0n) is 16.1. The summed E-state index contributed by atoms with van der Waals surface area (Å²) in [4.78, 5) is 48.8. The number of imide groups is 1. The molecule has 2 amide bonds. The highest BCUT2D eigenvalue weighted by Gasteiger charge is 2.37. The van der Waals surface area contributed by atoms with E-state index in [1.54, 1.807) is 0 Å². The molecular weight excluding hydrogens is 459 g/mol. The summed E-state index contributed by atoms with van der Waals surface area (Å²) < 4.78 is 5.21. The molecule has 0 bridgehead atoms. The zero-order chi connectivity index (χ0) is 23.0. The van der Waals surface area contributed by atoms with E-state index in [4.69, 9.17) is 27.9 Å². The summed E-state index contributed by atoms with van der Waals surface area (Å²) in [5.41, 5.74) is 1.30. The van der Waals surface area contributed by atoms with E-state index in [-0.39, 0.29) is 44.7 Å². The molecule has 8 nitrogen and oxygen atoms in total. The molecule has 160 valence electrons. The third-order valence-electron chi connectivity index (χ3n) is 4.81. The zero-order valence-corrected chi connectivity index (χ0v) is 17.6. The van der Waals surface area contributed by atoms with Crippen molar-refractivity contribution in [3.8, 4) is 0 Å². The third kappa shape index (κ3) is 3.93. The van der Waals surface area contributed by atoms with Gasteiger partial charge in [-0.05, 0) is 54.1 Å². The van der Waals surface area contributed by atoms with E-state index in [1.807, 2.05) is 0 Å². The van der Waals surface area contributed by atoms with Crippen molar-refractivity contribution in [3.63, 3.8) is 0 Å². The minimum Gasteiger partial charge on any atom is -0.457 e. The van der Waals surface area contributed by atoms with Crippen molar-refractivity contribution < 1.29 is 24.0 Å². The van der Waals surface area contributed by atoms with E-state index in [9.17, 15) is 24.5 Å². The maximum Gasteiger partial charge on any atom is 0.338 e. The molecule has 0 spiro atoms. The Bertz CT molecular complexity index is 1230. The van der Waals surface area contributed by atoms with Crippen molar-refractivity contribution in [3.05, 3.63) is 103 Å². The Morgan fingerprint density at radius 3 is 1.94 bits per heavy atom. The first-order valence-electron chi connectivity index (χ1n) is 9.14. The standard InChI is InChI=1S/C22H12Cl2N2O6/c23-18-9-16-17(10-19(18)24)21(28)25(20(16)27)14-7-3-13(4-8-14)22(29)32-11-12-1-5-15(6-2-12)26(30)31/h1-10H,11H2. The summed E-state index contributed by atoms with van der Waals surface area (Å²) in [6, 6.07) is 14.1. The van der Waals surface area contributed by atoms with Gasteiger partial charge in [0.15, 0.2) is 0 Å². The monoisotopic (exact) mass is 470 g/mol. The van der Waals surface area contributed by atoms with Crippen molar-refractivity contribution >= 4 is 52.4 Å². The lowest BCUT2D eigenvalue weighted by molar-refractivity contribution is -0.384. The van der Waals surface area contributed by atoms with Crippen LogP contribution in [0.4, 0.5) is 11.4 Å². The average molecular weight is 471 g/mol. The number of nitro benzene ring substituents is 1. The van der Waals surface area contributed by atoms with Crippen molar-refractivity contribution in [1.82, 2.24) is 0 Å². The number of carbonyl (C=O) groups excluding carboxylic acids is 3. The van der Waals surface area contributed by atoms with Crippen molar-refractivity contribution in [2.45, 2.75) is 6.61 Å². The van der Waals surface area contributed by atoms with E-state index in [0.29, 0.717) is 5.56 Å². The maximum atomic E-state index is 12.7. The average Bonchev–Trinajstić information content (AvgIpc) is 3.02. The second-order valence-electron chi connectivity index (χ2n) is 6.80. The van der Waals surface area contributed by atoms with Gasteiger partial charge in [-0.1, -0.05) is 23.2 Å². The molecule has 0 fully saturated rings. The van der Waals surface area contributed by atoms with Gasteiger partial charge in [0, 0.05) is 12.1 Å². The Morgan fingerprint density at radius 2 is 1.44 bits per heavy atom. The molecule has 1 heterocycles. The normalized spacial score (nSPS) is 12.6. The number of non-ortho nitro benzene ring substituents is 1. The van der Waals surface area contributed by atoms with E-state index >= 15 is 0 Å². The predicted molar refractivity (Wildman–Crippen MR) is 116 cm³/mol. The van der Waals surface area contributed by atoms with Crippen LogP contribution in [0.2, 0.25) is 10.0 Å². The molecule has 1 aliphatic heterocycles. The molecule has 10 heteroatoms. The first-order chi connectivity index (χ1) is 15.3. The first kappa shape index (κ1) is 21.5. The number of carbonyl (C=O) groups is 3. The highest BCUT2D eigenvalue weighted by Crippen LogP contribution is 2.34. The maximum absolute atomic E-state index is 12.7. The molecule has 0 saturated carbocycles. The molecule has 0 unspecified atom stereocenters. The predicted octanol–water partition coefficient (Wildman–Crippen LogP) is 5.06. The molecule has 0 radical (unpaired) electrons. The quantitative estimate of drug-likeness (QED) is 0.223. The van der Waals surface area contributed by atoms with Crippen molar-refractivity contribution in [2.75, 3.05) is 4.90 Å². The molecule has 0 atom stereocenters. The number of ether oxygens (including phenoxy) is 1. The summed E-state index contributed by atoms with van der Waals surface area (Å²) in [7, 11) is 0. The molecule has 0 aromatic heterocycles. The van der Waals surface area contributed by atoms with E-state index in [2.05, 4.69) is 0 Å². The van der Waals surface area contributed by atoms with Gasteiger partial charge in [0.1, 0.15) is 6.61 Å². The summed E-state index contributed by atoms with van der Waals surface area (Å²) >= 11 is 11.9. The van der Waals surface area contributed by atoms with Gasteiger partial charge in [0.05, 0.1) is 37.3 Å². The molecule has 32 heavy (non-hydrogen) atoms. The lowest BCUT2D eigenvalue weighted by atomic mass is 10.1. The van der Waals surface area contributed by atoms with Crippen LogP contribution >= 0.6 is 23.2 Å². The van der Waals surface area contributed by atoms with E-state index in [0.717, 1.165) is 4.90 Å². The molecule has 3 aromatic rings. The Morgan fingerprint density at radius 1 is 0.906 bits per heavy atom. The fourth-order valence-electron chi connectivity index (χ4n) is 3.16. The smallest absolute Gasteiger partial charge is 0.338 e. The number of rotatable bonds is 5. The van der Waals surface area contributed by atoms with Gasteiger partial charge in [0.25, 0.3) is 17.5 Å². The van der Waals surface area contributed by atoms with Crippen LogP contribution < -0.4 is 4.90 Å². The highest BCUT2D eigenvalue weighted by molar-refractivity contribution is 6.44. The van der Waals surface area contributed by atoms with E-state index in [1.165, 1.54) is 60.7 Å². The first-order valence-corrected chi connectivity index (χ1v) is 9.90. The summed E-state index contributed by atoms with van der Waals surface area (Å²) in [6.45, 7) is -0.0709. The van der Waals surface area contributed by atoms with Crippen LogP contribution in [0, 0.1) is 10.1 Å². The van der Waals surface area contributed by atoms with Gasteiger partial charge in [-0.2, -0.15) is 0 Å². The van der Waals surface area contributed by atoms with Crippen molar-refractivity contribution in [2.24, 2.45) is 0 Å². The molecule has 3 aromatic carbocycles. The van der Waals surface area contributed by atoms with Gasteiger partial charge < -0.3 is 4.74 Å². The number of halogens is 2. The highest BCUT2D eigenvalue weighted by atomic mass is 35.5. The number of anilines is 1. The van der Waals surface area contributed by atoms with Crippen LogP contribution in [0.5, 0.6) is 0 Å². The summed E-state index contributed by atoms with van der Waals surface area (Å²) in [5.74, 6) is -1.72. The number of hydrogen-bond acceptors (Lipinski definition) is 6. The van der Waals surface area contributed by atoms with Crippen LogP contribution in [0.25, 0.3) is 0 Å². The third-order valence-corrected chi connectivity index (χ3v) is 5.53. The number of hydrogen-bond donors (Lipinski definition) is 0. The topological polar surface area (TPSA) is 107 Å². The molecule has 0 saturated heterocycles. The molecular formula is C22H12Cl2N2O6. The SMILES string of the molecule is O=C(OCc1ccc([N+](=O)[O-])cc1)c1ccc(N2C(=O)c3cc(Cl)c(Cl)cc3C2=O)cc1. The summed E-state index contributed by atoms with van der Waals surface area (Å²) in [6.07, 6.45) is 0. The molecule has 0 N–H and O–H groups in total. The largest absolute Gasteiger partial charge is 0.457 e. The lowest BCUT2D eigenvalue weighted by Gasteiger charge is -2.14. The van der Waals surface area contributed by atoms with Gasteiger partial charge in [-0.3, -0.25) is 19.7 Å². The Labute approximate surface area is 191 Å². The number of fused-ring (bicyclic) bond motifs is 1. The van der Waals surface area contributed by atoms with Crippen LogP contribution in [-0.2, 0) is 11.3 Å². The van der Waals surface area contributed by atoms with Crippen LogP contribution in [0.1, 0.15) is 36.6 Å². The minimum absolute atomic E-state index is 0.0617. The number of esters is 1. The number of nitro groups is 1. The lowest BCUT2D eigenvalue weighted by Crippen LogP contribution is -2.29. The fraction of sp³-hybridized carbons (Fsp3) is 0.0455. The second-order valence-corrected chi connectivity index (χ2v) is 7.62. The minimum atomic E-state index is -0.629. The number of benzene rings is 3. The Balaban J connectivity index is 1.46. The van der Waals surface area contributed by atoms with Crippen LogP contribution in [-0.4, -0.2) is 22.7 Å². The Kier molecular flexibility index (Phi) is 5.65. The van der Waals surface area contributed by atoms with Gasteiger partial charge >= 0.3 is 5.97 Å². The fourth-order valence-corrected chi connectivity index (χ4v) is 3.49. The van der Waals surface area contributed by atoms with E-state index < -0.39 is 22.7 Å². The van der Waals surface area contributed by atoms with Crippen LogP contribution in [0.3, 0.4) is 0 Å². The van der Waals surface area contributed by atoms with Gasteiger partial charge in [-0.15, -0.1) is 0 Å². The number of amides is 2. The summed E-state index contributed by atoms with van der Waals surface area (Å²) in [5, 5.41) is 11.0. The number of nitrogens with zero attached hydrogens (tertiary/aromatic N) is 2. The second kappa shape index (κ2) is 8.41. The molecule has 1 aliphatic rings. The van der Waals surface area contributed by atoms with Gasteiger partial charge in [0.2, 0.25) is 0 Å².